The Morgan fingerprint density at radius 1 is 1.60 bits per heavy atom. The Morgan fingerprint density at radius 3 is 2.80 bits per heavy atom. The number of nitrogens with one attached hydrogen (secondary N) is 2. The molecule has 0 bridgehead atoms. The van der Waals surface area contributed by atoms with Crippen molar-refractivity contribution in [3.63, 3.8) is 0 Å². The fourth-order valence-corrected chi connectivity index (χ4v) is 1.91. The monoisotopic (exact) mass is 226 g/mol. The number of carbonyl (C=O) groups excluding carboxylic acids is 1. The summed E-state index contributed by atoms with van der Waals surface area (Å²) in [5, 5.41) is 10.0. The maximum absolute atomic E-state index is 11.8. The van der Waals surface area contributed by atoms with Crippen LogP contribution < -0.4 is 5.32 Å². The summed E-state index contributed by atoms with van der Waals surface area (Å²) in [5.41, 5.74) is -0.202. The van der Waals surface area contributed by atoms with Gasteiger partial charge in [-0.25, -0.2) is 5.10 Å². The molecule has 2 N–H and O–H groups in total. The molecule has 5 nitrogen and oxygen atoms in total. The molecule has 1 aliphatic carbocycles. The van der Waals surface area contributed by atoms with Crippen molar-refractivity contribution in [1.82, 2.24) is 15.2 Å². The molecular formula is C9H14N4OS. The fourth-order valence-electron chi connectivity index (χ4n) is 1.59. The van der Waals surface area contributed by atoms with E-state index in [1.54, 1.807) is 0 Å². The molecule has 1 aromatic rings. The molecule has 1 heterocycles. The topological polar surface area (TPSA) is 70.7 Å². The molecule has 1 amide bonds. The molecule has 0 unspecified atom stereocenters. The Morgan fingerprint density at radius 2 is 2.33 bits per heavy atom. The highest BCUT2D eigenvalue weighted by atomic mass is 32.2. The number of nitrogens with zero attached hydrogens (tertiary/aromatic N) is 2. The van der Waals surface area contributed by atoms with Gasteiger partial charge in [0.05, 0.1) is 0 Å². The Balaban J connectivity index is 1.99. The molecule has 82 valence electrons. The van der Waals surface area contributed by atoms with E-state index < -0.39 is 0 Å². The van der Waals surface area contributed by atoms with Gasteiger partial charge >= 0.3 is 0 Å². The van der Waals surface area contributed by atoms with E-state index in [0.29, 0.717) is 11.1 Å². The van der Waals surface area contributed by atoms with Gasteiger partial charge in [-0.15, -0.1) is 5.10 Å². The van der Waals surface area contributed by atoms with Crippen molar-refractivity contribution < 1.29 is 4.79 Å². The van der Waals surface area contributed by atoms with Crippen molar-refractivity contribution in [1.29, 1.82) is 0 Å². The summed E-state index contributed by atoms with van der Waals surface area (Å²) in [6, 6.07) is 0. The van der Waals surface area contributed by atoms with Gasteiger partial charge in [0.1, 0.15) is 0 Å². The van der Waals surface area contributed by atoms with Crippen molar-refractivity contribution in [2.24, 2.45) is 5.41 Å². The first-order valence-corrected chi connectivity index (χ1v) is 6.14. The second-order valence-corrected chi connectivity index (χ2v) is 4.81. The van der Waals surface area contributed by atoms with E-state index in [0.717, 1.165) is 19.3 Å². The minimum absolute atomic E-state index is 0.0394. The number of amides is 1. The van der Waals surface area contributed by atoms with Gasteiger partial charge < -0.3 is 0 Å². The molecule has 0 atom stereocenters. The van der Waals surface area contributed by atoms with Gasteiger partial charge in [0.25, 0.3) is 0 Å². The maximum atomic E-state index is 11.8. The Hall–Kier alpha value is -1.04. The summed E-state index contributed by atoms with van der Waals surface area (Å²) in [6.07, 6.45) is 4.95. The van der Waals surface area contributed by atoms with E-state index in [-0.39, 0.29) is 11.3 Å². The third-order valence-corrected chi connectivity index (χ3v) is 3.43. The first-order valence-electron chi connectivity index (χ1n) is 4.92. The van der Waals surface area contributed by atoms with Gasteiger partial charge in [-0.05, 0) is 19.1 Å². The number of aromatic amines is 1. The quantitative estimate of drug-likeness (QED) is 0.769. The lowest BCUT2D eigenvalue weighted by atomic mass is 9.70. The average molecular weight is 226 g/mol. The van der Waals surface area contributed by atoms with Crippen molar-refractivity contribution >= 4 is 23.6 Å². The van der Waals surface area contributed by atoms with Gasteiger partial charge in [0.15, 0.2) is 0 Å². The van der Waals surface area contributed by atoms with Gasteiger partial charge in [-0.1, -0.05) is 25.1 Å². The summed E-state index contributed by atoms with van der Waals surface area (Å²) in [7, 11) is 0. The smallest absolute Gasteiger partial charge is 0.232 e. The van der Waals surface area contributed by atoms with Crippen LogP contribution in [0.25, 0.3) is 0 Å². The largest absolute Gasteiger partial charge is 0.294 e. The lowest BCUT2D eigenvalue weighted by molar-refractivity contribution is -0.128. The Bertz CT molecular complexity index is 372. The zero-order chi connectivity index (χ0) is 10.9. The van der Waals surface area contributed by atoms with E-state index >= 15 is 0 Å². The summed E-state index contributed by atoms with van der Waals surface area (Å²) < 4.78 is 0. The highest BCUT2D eigenvalue weighted by Crippen LogP contribution is 2.40. The molecule has 1 saturated carbocycles. The standard InChI is InChI=1S/C9H14N4OS/c1-9(4-3-5-9)6(14)10-7-11-8(15-2)13-12-7/h3-5H2,1-2H3,(H2,10,11,12,13,14). The van der Waals surface area contributed by atoms with Gasteiger partial charge in [-0.2, -0.15) is 4.98 Å². The van der Waals surface area contributed by atoms with E-state index in [9.17, 15) is 4.79 Å². The normalized spacial score (nSPS) is 18.3. The predicted octanol–water partition coefficient (Wildman–Crippen LogP) is 1.66. The molecule has 15 heavy (non-hydrogen) atoms. The van der Waals surface area contributed by atoms with Crippen LogP contribution in [0.2, 0.25) is 0 Å². The van der Waals surface area contributed by atoms with Crippen LogP contribution in [-0.4, -0.2) is 27.3 Å². The van der Waals surface area contributed by atoms with Crippen LogP contribution in [0.15, 0.2) is 5.16 Å². The van der Waals surface area contributed by atoms with Crippen molar-refractivity contribution in [2.45, 2.75) is 31.3 Å². The number of anilines is 1. The summed E-state index contributed by atoms with van der Waals surface area (Å²) >= 11 is 1.44. The zero-order valence-corrected chi connectivity index (χ0v) is 9.65. The van der Waals surface area contributed by atoms with Crippen LogP contribution >= 0.6 is 11.8 Å². The van der Waals surface area contributed by atoms with E-state index in [1.165, 1.54) is 11.8 Å². The van der Waals surface area contributed by atoms with Gasteiger partial charge in [0, 0.05) is 5.41 Å². The maximum Gasteiger partial charge on any atom is 0.232 e. The third-order valence-electron chi connectivity index (χ3n) is 2.88. The lowest BCUT2D eigenvalue weighted by Crippen LogP contribution is -2.39. The van der Waals surface area contributed by atoms with Crippen LogP contribution in [0.3, 0.4) is 0 Å². The highest BCUT2D eigenvalue weighted by Gasteiger charge is 2.39. The molecule has 0 aliphatic heterocycles. The van der Waals surface area contributed by atoms with E-state index in [4.69, 9.17) is 0 Å². The molecule has 1 aromatic heterocycles. The summed E-state index contributed by atoms with van der Waals surface area (Å²) in [4.78, 5) is 15.9. The Labute approximate surface area is 92.4 Å². The van der Waals surface area contributed by atoms with Crippen molar-refractivity contribution in [3.05, 3.63) is 0 Å². The number of carbonyl (C=O) groups is 1. The second-order valence-electron chi connectivity index (χ2n) is 4.04. The number of thioether (sulfide) groups is 1. The minimum atomic E-state index is -0.202. The lowest BCUT2D eigenvalue weighted by Gasteiger charge is -2.35. The number of rotatable bonds is 3. The van der Waals surface area contributed by atoms with Crippen LogP contribution in [-0.2, 0) is 4.79 Å². The number of hydrogen-bond acceptors (Lipinski definition) is 4. The second kappa shape index (κ2) is 3.84. The van der Waals surface area contributed by atoms with Gasteiger partial charge in [-0.3, -0.25) is 10.1 Å². The minimum Gasteiger partial charge on any atom is -0.294 e. The number of aromatic nitrogens is 3. The van der Waals surface area contributed by atoms with Crippen molar-refractivity contribution in [3.8, 4) is 0 Å². The Kier molecular flexibility index (Phi) is 2.68. The molecule has 1 fully saturated rings. The molecule has 0 saturated heterocycles. The van der Waals surface area contributed by atoms with Crippen LogP contribution in [0, 0.1) is 5.41 Å². The molecule has 6 heteroatoms. The molecule has 1 aliphatic rings. The number of H-pyrrole nitrogens is 1. The van der Waals surface area contributed by atoms with Crippen LogP contribution in [0.5, 0.6) is 0 Å². The molecule has 0 radical (unpaired) electrons. The predicted molar refractivity (Wildman–Crippen MR) is 58.8 cm³/mol. The summed E-state index contributed by atoms with van der Waals surface area (Å²) in [6.45, 7) is 1.98. The summed E-state index contributed by atoms with van der Waals surface area (Å²) in [5.74, 6) is 0.482. The first kappa shape index (κ1) is 10.5. The molecule has 0 aromatic carbocycles. The number of hydrogen-bond donors (Lipinski definition) is 2. The van der Waals surface area contributed by atoms with E-state index in [1.807, 2.05) is 13.2 Å². The molecular weight excluding hydrogens is 212 g/mol. The van der Waals surface area contributed by atoms with Gasteiger partial charge in [0.2, 0.25) is 17.0 Å². The van der Waals surface area contributed by atoms with E-state index in [2.05, 4.69) is 20.5 Å². The molecule has 2 rings (SSSR count). The van der Waals surface area contributed by atoms with Crippen LogP contribution in [0.1, 0.15) is 26.2 Å². The SMILES string of the molecule is CSc1n[nH]c(NC(=O)C2(C)CCC2)n1. The van der Waals surface area contributed by atoms with Crippen LogP contribution in [0.4, 0.5) is 5.95 Å². The third kappa shape index (κ3) is 1.99. The molecule has 0 spiro atoms. The first-order chi connectivity index (χ1) is 7.14. The zero-order valence-electron chi connectivity index (χ0n) is 8.83. The highest BCUT2D eigenvalue weighted by molar-refractivity contribution is 7.98. The fraction of sp³-hybridized carbons (Fsp3) is 0.667. The van der Waals surface area contributed by atoms with Crippen molar-refractivity contribution in [2.75, 3.05) is 11.6 Å². The average Bonchev–Trinajstić information content (AvgIpc) is 2.61.